The number of ether oxygens (including phenoxy) is 1. The largest absolute Gasteiger partial charge is 0.481 e. The number of amides is 2. The molecule has 2 aromatic rings. The summed E-state index contributed by atoms with van der Waals surface area (Å²) in [5.74, 6) is -1.32. The smallest absolute Gasteiger partial charge is 0.407 e. The van der Waals surface area contributed by atoms with E-state index in [9.17, 15) is 19.5 Å². The third-order valence-corrected chi connectivity index (χ3v) is 5.64. The molecule has 0 radical (unpaired) electrons. The van der Waals surface area contributed by atoms with Crippen molar-refractivity contribution in [2.24, 2.45) is 0 Å². The number of aliphatic carboxylic acids is 1. The molecule has 176 valence electrons. The Morgan fingerprint density at radius 1 is 0.909 bits per heavy atom. The van der Waals surface area contributed by atoms with E-state index in [1.165, 1.54) is 22.3 Å². The van der Waals surface area contributed by atoms with Crippen LogP contribution in [0.3, 0.4) is 0 Å². The van der Waals surface area contributed by atoms with Crippen molar-refractivity contribution in [1.29, 1.82) is 0 Å². The van der Waals surface area contributed by atoms with Gasteiger partial charge in [0.05, 0.1) is 12.5 Å². The summed E-state index contributed by atoms with van der Waals surface area (Å²) in [5.41, 5.74) is 4.70. The van der Waals surface area contributed by atoms with Crippen molar-refractivity contribution in [1.82, 2.24) is 10.6 Å². The molecule has 0 aromatic heterocycles. The van der Waals surface area contributed by atoms with Crippen LogP contribution in [0.5, 0.6) is 0 Å². The van der Waals surface area contributed by atoms with Gasteiger partial charge in [-0.25, -0.2) is 4.79 Å². The molecule has 0 fully saturated rings. The first-order chi connectivity index (χ1) is 16.0. The monoisotopic (exact) mass is 454 g/mol. The molecule has 8 heteroatoms. The Kier molecular flexibility index (Phi) is 8.83. The van der Waals surface area contributed by atoms with Gasteiger partial charge in [0.25, 0.3) is 0 Å². The number of carbonyl (C=O) groups excluding carboxylic acids is 2. The molecule has 1 aliphatic carbocycles. The number of rotatable bonds is 12. The van der Waals surface area contributed by atoms with E-state index < -0.39 is 24.6 Å². The van der Waals surface area contributed by atoms with Crippen LogP contribution in [-0.4, -0.2) is 54.0 Å². The van der Waals surface area contributed by atoms with Crippen LogP contribution in [0.25, 0.3) is 11.1 Å². The highest BCUT2D eigenvalue weighted by atomic mass is 16.5. The van der Waals surface area contributed by atoms with E-state index in [0.29, 0.717) is 19.4 Å². The van der Waals surface area contributed by atoms with Gasteiger partial charge in [-0.2, -0.15) is 0 Å². The van der Waals surface area contributed by atoms with Gasteiger partial charge >= 0.3 is 12.1 Å². The van der Waals surface area contributed by atoms with Gasteiger partial charge in [-0.05, 0) is 35.1 Å². The molecular formula is C25H30N2O6. The summed E-state index contributed by atoms with van der Waals surface area (Å²) in [4.78, 5) is 34.3. The van der Waals surface area contributed by atoms with Crippen molar-refractivity contribution >= 4 is 18.0 Å². The zero-order valence-electron chi connectivity index (χ0n) is 18.5. The molecule has 4 N–H and O–H groups in total. The molecule has 2 amide bonds. The predicted molar refractivity (Wildman–Crippen MR) is 123 cm³/mol. The molecule has 3 rings (SSSR count). The minimum absolute atomic E-state index is 0.0238. The molecule has 1 aliphatic rings. The van der Waals surface area contributed by atoms with Gasteiger partial charge in [-0.3, -0.25) is 9.59 Å². The number of benzene rings is 2. The lowest BCUT2D eigenvalue weighted by Crippen LogP contribution is -2.33. The second kappa shape index (κ2) is 12.0. The highest BCUT2D eigenvalue weighted by molar-refractivity contribution is 5.79. The Labute approximate surface area is 193 Å². The number of carboxylic acid groups (broad SMARTS) is 1. The number of unbranched alkanes of at least 4 members (excludes halogenated alkanes) is 2. The zero-order chi connectivity index (χ0) is 23.6. The number of carbonyl (C=O) groups is 3. The van der Waals surface area contributed by atoms with Crippen molar-refractivity contribution in [3.8, 4) is 11.1 Å². The Balaban J connectivity index is 1.30. The van der Waals surface area contributed by atoms with E-state index in [0.717, 1.165) is 6.42 Å². The molecule has 33 heavy (non-hydrogen) atoms. The molecule has 0 saturated carbocycles. The number of hydrogen-bond donors (Lipinski definition) is 4. The van der Waals surface area contributed by atoms with E-state index >= 15 is 0 Å². The third-order valence-electron chi connectivity index (χ3n) is 5.64. The van der Waals surface area contributed by atoms with Crippen molar-refractivity contribution in [2.75, 3.05) is 19.7 Å². The molecule has 0 spiro atoms. The summed E-state index contributed by atoms with van der Waals surface area (Å²) in [7, 11) is 0. The van der Waals surface area contributed by atoms with Crippen LogP contribution >= 0.6 is 0 Å². The first-order valence-corrected chi connectivity index (χ1v) is 11.2. The van der Waals surface area contributed by atoms with Crippen LogP contribution < -0.4 is 10.6 Å². The van der Waals surface area contributed by atoms with Gasteiger partial charge in [0.1, 0.15) is 6.61 Å². The van der Waals surface area contributed by atoms with Gasteiger partial charge in [0.2, 0.25) is 5.91 Å². The van der Waals surface area contributed by atoms with E-state index in [1.54, 1.807) is 0 Å². The average molecular weight is 455 g/mol. The fraction of sp³-hybridized carbons (Fsp3) is 0.400. The zero-order valence-corrected chi connectivity index (χ0v) is 18.5. The van der Waals surface area contributed by atoms with E-state index in [2.05, 4.69) is 34.9 Å². The molecule has 1 atom stereocenters. The lowest BCUT2D eigenvalue weighted by molar-refractivity contribution is -0.139. The minimum Gasteiger partial charge on any atom is -0.481 e. The SMILES string of the molecule is O=C(O)CC(O)CNC(=O)CCCCCNC(=O)OCC1c2ccccc2-c2ccccc21. The lowest BCUT2D eigenvalue weighted by atomic mass is 9.98. The Morgan fingerprint density at radius 2 is 1.55 bits per heavy atom. The third kappa shape index (κ3) is 7.05. The topological polar surface area (TPSA) is 125 Å². The summed E-state index contributed by atoms with van der Waals surface area (Å²) < 4.78 is 5.49. The Hall–Kier alpha value is -3.39. The second-order valence-corrected chi connectivity index (χ2v) is 8.12. The summed E-state index contributed by atoms with van der Waals surface area (Å²) in [6.07, 6.45) is 0.420. The highest BCUT2D eigenvalue weighted by Crippen LogP contribution is 2.44. The van der Waals surface area contributed by atoms with Crippen LogP contribution in [0.15, 0.2) is 48.5 Å². The molecule has 8 nitrogen and oxygen atoms in total. The number of nitrogens with one attached hydrogen (secondary N) is 2. The average Bonchev–Trinajstić information content (AvgIpc) is 3.12. The fourth-order valence-electron chi connectivity index (χ4n) is 4.02. The molecule has 2 aromatic carbocycles. The number of alkyl carbamates (subject to hydrolysis) is 1. The van der Waals surface area contributed by atoms with Crippen molar-refractivity contribution < 1.29 is 29.3 Å². The first kappa shape index (κ1) is 24.3. The summed E-state index contributed by atoms with van der Waals surface area (Å²) >= 11 is 0. The quantitative estimate of drug-likeness (QED) is 0.365. The molecule has 1 unspecified atom stereocenters. The van der Waals surface area contributed by atoms with E-state index in [1.807, 2.05) is 24.3 Å². The standard InChI is InChI=1S/C25H30N2O6/c28-17(14-24(30)31)15-27-23(29)12-2-1-7-13-26-25(32)33-16-22-20-10-5-3-8-18(20)19-9-4-6-11-21(19)22/h3-6,8-11,17,22,28H,1-2,7,12-16H2,(H,26,32)(H,27,29)(H,30,31). The van der Waals surface area contributed by atoms with Crippen molar-refractivity contribution in [3.05, 3.63) is 59.7 Å². The second-order valence-electron chi connectivity index (χ2n) is 8.12. The number of fused-ring (bicyclic) bond motifs is 3. The Bertz CT molecular complexity index is 931. The lowest BCUT2D eigenvalue weighted by Gasteiger charge is -2.14. The first-order valence-electron chi connectivity index (χ1n) is 11.2. The maximum Gasteiger partial charge on any atom is 0.407 e. The fourth-order valence-corrected chi connectivity index (χ4v) is 4.02. The van der Waals surface area contributed by atoms with E-state index in [4.69, 9.17) is 9.84 Å². The summed E-state index contributed by atoms with van der Waals surface area (Å²) in [6.45, 7) is 0.651. The van der Waals surface area contributed by atoms with E-state index in [-0.39, 0.29) is 31.4 Å². The molecule has 0 saturated heterocycles. The Morgan fingerprint density at radius 3 is 2.18 bits per heavy atom. The number of aliphatic hydroxyl groups is 1. The predicted octanol–water partition coefficient (Wildman–Crippen LogP) is 3.04. The highest BCUT2D eigenvalue weighted by Gasteiger charge is 2.28. The van der Waals surface area contributed by atoms with Gasteiger partial charge in [-0.15, -0.1) is 0 Å². The van der Waals surface area contributed by atoms with Crippen LogP contribution in [0.1, 0.15) is 49.1 Å². The number of aliphatic hydroxyl groups excluding tert-OH is 1. The van der Waals surface area contributed by atoms with Crippen LogP contribution in [0, 0.1) is 0 Å². The van der Waals surface area contributed by atoms with Gasteiger partial charge < -0.3 is 25.6 Å². The molecular weight excluding hydrogens is 424 g/mol. The van der Waals surface area contributed by atoms with Gasteiger partial charge in [0.15, 0.2) is 0 Å². The molecule has 0 aliphatic heterocycles. The maximum absolute atomic E-state index is 12.1. The molecule has 0 bridgehead atoms. The van der Waals surface area contributed by atoms with Crippen molar-refractivity contribution in [3.63, 3.8) is 0 Å². The minimum atomic E-state index is -1.11. The maximum atomic E-state index is 12.1. The summed E-state index contributed by atoms with van der Waals surface area (Å²) in [6, 6.07) is 16.3. The summed E-state index contributed by atoms with van der Waals surface area (Å²) in [5, 5.41) is 23.3. The number of hydrogen-bond acceptors (Lipinski definition) is 5. The van der Waals surface area contributed by atoms with Gasteiger partial charge in [-0.1, -0.05) is 55.0 Å². The van der Waals surface area contributed by atoms with Crippen LogP contribution in [-0.2, 0) is 14.3 Å². The van der Waals surface area contributed by atoms with Crippen LogP contribution in [0.2, 0.25) is 0 Å². The van der Waals surface area contributed by atoms with Crippen LogP contribution in [0.4, 0.5) is 4.79 Å². The molecule has 0 heterocycles. The van der Waals surface area contributed by atoms with Gasteiger partial charge in [0, 0.05) is 25.4 Å². The normalized spacial score (nSPS) is 13.0. The number of carboxylic acids is 1. The van der Waals surface area contributed by atoms with Crippen molar-refractivity contribution in [2.45, 2.75) is 44.1 Å².